The molecule has 0 saturated heterocycles. The summed E-state index contributed by atoms with van der Waals surface area (Å²) in [5.74, 6) is -1.57. The van der Waals surface area contributed by atoms with Gasteiger partial charge in [-0.2, -0.15) is 0 Å². The van der Waals surface area contributed by atoms with Gasteiger partial charge in [0.25, 0.3) is 5.91 Å². The SMILES string of the molecule is C[C@H](OC(=O)Cc1ccccc1Cl)C(=O)Nc1cccc(F)c1. The predicted octanol–water partition coefficient (Wildman–Crippen LogP) is 3.59. The minimum atomic E-state index is -1.01. The van der Waals surface area contributed by atoms with Gasteiger partial charge in [0.1, 0.15) is 5.82 Å². The molecule has 0 aromatic heterocycles. The fourth-order valence-corrected chi connectivity index (χ4v) is 2.10. The topological polar surface area (TPSA) is 55.4 Å². The van der Waals surface area contributed by atoms with Crippen LogP contribution in [0.1, 0.15) is 12.5 Å². The molecule has 1 atom stereocenters. The standard InChI is InChI=1S/C17H15ClFNO3/c1-11(17(22)20-14-7-4-6-13(19)10-14)23-16(21)9-12-5-2-3-8-15(12)18/h2-8,10-11H,9H2,1H3,(H,20,22)/t11-/m0/s1. The summed E-state index contributed by atoms with van der Waals surface area (Å²) in [6.45, 7) is 1.44. The number of halogens is 2. The number of hydrogen-bond acceptors (Lipinski definition) is 3. The minimum absolute atomic E-state index is 0.0305. The summed E-state index contributed by atoms with van der Waals surface area (Å²) in [7, 11) is 0. The molecule has 0 saturated carbocycles. The van der Waals surface area contributed by atoms with E-state index in [-0.39, 0.29) is 6.42 Å². The number of carbonyl (C=O) groups excluding carboxylic acids is 2. The summed E-state index contributed by atoms with van der Waals surface area (Å²) in [4.78, 5) is 23.8. The highest BCUT2D eigenvalue weighted by molar-refractivity contribution is 6.31. The van der Waals surface area contributed by atoms with E-state index in [1.807, 2.05) is 0 Å². The van der Waals surface area contributed by atoms with Crippen molar-refractivity contribution in [1.82, 2.24) is 0 Å². The molecule has 6 heteroatoms. The molecule has 0 aliphatic rings. The van der Waals surface area contributed by atoms with Crippen LogP contribution < -0.4 is 5.32 Å². The van der Waals surface area contributed by atoms with E-state index in [0.29, 0.717) is 16.3 Å². The van der Waals surface area contributed by atoms with Crippen LogP contribution >= 0.6 is 11.6 Å². The molecule has 0 fully saturated rings. The van der Waals surface area contributed by atoms with Crippen molar-refractivity contribution in [3.63, 3.8) is 0 Å². The lowest BCUT2D eigenvalue weighted by Crippen LogP contribution is -2.30. The fraction of sp³-hybridized carbons (Fsp3) is 0.176. The van der Waals surface area contributed by atoms with Crippen molar-refractivity contribution in [2.75, 3.05) is 5.32 Å². The average Bonchev–Trinajstić information content (AvgIpc) is 2.49. The first kappa shape index (κ1) is 17.0. The molecule has 0 heterocycles. The molecule has 0 unspecified atom stereocenters. The second-order valence-electron chi connectivity index (χ2n) is 4.90. The van der Waals surface area contributed by atoms with E-state index in [4.69, 9.17) is 16.3 Å². The van der Waals surface area contributed by atoms with Crippen molar-refractivity contribution < 1.29 is 18.7 Å². The van der Waals surface area contributed by atoms with E-state index < -0.39 is 23.8 Å². The molecule has 23 heavy (non-hydrogen) atoms. The molecule has 2 aromatic carbocycles. The Bertz CT molecular complexity index is 720. The summed E-state index contributed by atoms with van der Waals surface area (Å²) < 4.78 is 18.1. The number of hydrogen-bond donors (Lipinski definition) is 1. The van der Waals surface area contributed by atoms with Gasteiger partial charge in [0.2, 0.25) is 0 Å². The van der Waals surface area contributed by atoms with Crippen LogP contribution in [0.2, 0.25) is 5.02 Å². The fourth-order valence-electron chi connectivity index (χ4n) is 1.90. The van der Waals surface area contributed by atoms with Gasteiger partial charge in [-0.1, -0.05) is 35.9 Å². The van der Waals surface area contributed by atoms with Gasteiger partial charge in [0.05, 0.1) is 6.42 Å². The number of carbonyl (C=O) groups is 2. The number of esters is 1. The maximum absolute atomic E-state index is 13.1. The number of rotatable bonds is 5. The van der Waals surface area contributed by atoms with Crippen LogP contribution in [-0.2, 0) is 20.7 Å². The van der Waals surface area contributed by atoms with E-state index in [1.165, 1.54) is 25.1 Å². The van der Waals surface area contributed by atoms with Crippen LogP contribution in [-0.4, -0.2) is 18.0 Å². The maximum atomic E-state index is 13.1. The number of ether oxygens (including phenoxy) is 1. The van der Waals surface area contributed by atoms with Gasteiger partial charge in [0.15, 0.2) is 6.10 Å². The van der Waals surface area contributed by atoms with E-state index >= 15 is 0 Å². The highest BCUT2D eigenvalue weighted by Crippen LogP contribution is 2.16. The molecule has 120 valence electrons. The monoisotopic (exact) mass is 335 g/mol. The summed E-state index contributed by atoms with van der Waals surface area (Å²) in [5.41, 5.74) is 0.918. The third-order valence-electron chi connectivity index (χ3n) is 3.06. The number of anilines is 1. The summed E-state index contributed by atoms with van der Waals surface area (Å²) in [6.07, 6.45) is -1.04. The summed E-state index contributed by atoms with van der Waals surface area (Å²) in [6, 6.07) is 12.4. The van der Waals surface area contributed by atoms with Crippen molar-refractivity contribution in [2.24, 2.45) is 0 Å². The Kier molecular flexibility index (Phi) is 5.71. The van der Waals surface area contributed by atoms with Crippen molar-refractivity contribution in [1.29, 1.82) is 0 Å². The highest BCUT2D eigenvalue weighted by atomic mass is 35.5. The van der Waals surface area contributed by atoms with Gasteiger partial charge in [-0.3, -0.25) is 9.59 Å². The van der Waals surface area contributed by atoms with E-state index in [2.05, 4.69) is 5.32 Å². The van der Waals surface area contributed by atoms with Crippen LogP contribution in [0.4, 0.5) is 10.1 Å². The van der Waals surface area contributed by atoms with Crippen molar-refractivity contribution in [3.05, 3.63) is 64.9 Å². The zero-order valence-electron chi connectivity index (χ0n) is 12.4. The van der Waals surface area contributed by atoms with Crippen LogP contribution in [0.3, 0.4) is 0 Å². The normalized spacial score (nSPS) is 11.6. The number of amides is 1. The number of nitrogens with one attached hydrogen (secondary N) is 1. The van der Waals surface area contributed by atoms with Crippen LogP contribution in [0.5, 0.6) is 0 Å². The van der Waals surface area contributed by atoms with Crippen LogP contribution in [0, 0.1) is 5.82 Å². The Hall–Kier alpha value is -2.40. The lowest BCUT2D eigenvalue weighted by Gasteiger charge is -2.14. The first-order chi connectivity index (χ1) is 11.0. The summed E-state index contributed by atoms with van der Waals surface area (Å²) >= 11 is 5.97. The van der Waals surface area contributed by atoms with E-state index in [9.17, 15) is 14.0 Å². The van der Waals surface area contributed by atoms with Crippen LogP contribution in [0.25, 0.3) is 0 Å². The molecule has 0 aliphatic heterocycles. The first-order valence-corrected chi connectivity index (χ1v) is 7.33. The quantitative estimate of drug-likeness (QED) is 0.849. The largest absolute Gasteiger partial charge is 0.452 e. The average molecular weight is 336 g/mol. The van der Waals surface area contributed by atoms with E-state index in [0.717, 1.165) is 0 Å². The summed E-state index contributed by atoms with van der Waals surface area (Å²) in [5, 5.41) is 2.94. The Morgan fingerprint density at radius 3 is 2.65 bits per heavy atom. The van der Waals surface area contributed by atoms with Crippen molar-refractivity contribution in [3.8, 4) is 0 Å². The third kappa shape index (κ3) is 5.07. The minimum Gasteiger partial charge on any atom is -0.452 e. The maximum Gasteiger partial charge on any atom is 0.311 e. The molecule has 0 aliphatic carbocycles. The Labute approximate surface area is 138 Å². The Balaban J connectivity index is 1.90. The lowest BCUT2D eigenvalue weighted by molar-refractivity contribution is -0.152. The molecular weight excluding hydrogens is 321 g/mol. The van der Waals surface area contributed by atoms with Gasteiger partial charge >= 0.3 is 5.97 Å². The molecule has 2 rings (SSSR count). The zero-order valence-corrected chi connectivity index (χ0v) is 13.1. The van der Waals surface area contributed by atoms with E-state index in [1.54, 1.807) is 30.3 Å². The molecule has 4 nitrogen and oxygen atoms in total. The van der Waals surface area contributed by atoms with Gasteiger partial charge < -0.3 is 10.1 Å². The third-order valence-corrected chi connectivity index (χ3v) is 3.43. The van der Waals surface area contributed by atoms with Gasteiger partial charge in [0, 0.05) is 10.7 Å². The molecule has 1 N–H and O–H groups in total. The molecule has 0 radical (unpaired) electrons. The van der Waals surface area contributed by atoms with Crippen molar-refractivity contribution in [2.45, 2.75) is 19.4 Å². The second kappa shape index (κ2) is 7.74. The zero-order chi connectivity index (χ0) is 16.8. The molecule has 1 amide bonds. The van der Waals surface area contributed by atoms with Gasteiger partial charge in [-0.15, -0.1) is 0 Å². The Morgan fingerprint density at radius 1 is 1.22 bits per heavy atom. The smallest absolute Gasteiger partial charge is 0.311 e. The number of benzene rings is 2. The Morgan fingerprint density at radius 2 is 1.96 bits per heavy atom. The van der Waals surface area contributed by atoms with Crippen LogP contribution in [0.15, 0.2) is 48.5 Å². The molecule has 2 aromatic rings. The molecule has 0 bridgehead atoms. The second-order valence-corrected chi connectivity index (χ2v) is 5.31. The molecule has 0 spiro atoms. The first-order valence-electron chi connectivity index (χ1n) is 6.95. The van der Waals surface area contributed by atoms with Crippen molar-refractivity contribution >= 4 is 29.2 Å². The highest BCUT2D eigenvalue weighted by Gasteiger charge is 2.18. The van der Waals surface area contributed by atoms with Gasteiger partial charge in [-0.25, -0.2) is 4.39 Å². The predicted molar refractivity (Wildman–Crippen MR) is 85.7 cm³/mol. The lowest BCUT2D eigenvalue weighted by atomic mass is 10.1. The van der Waals surface area contributed by atoms with Gasteiger partial charge in [-0.05, 0) is 36.8 Å². The molecular formula is C17H15ClFNO3.